The highest BCUT2D eigenvalue weighted by Gasteiger charge is 2.19. The Bertz CT molecular complexity index is 376. The van der Waals surface area contributed by atoms with E-state index in [4.69, 9.17) is 4.74 Å². The van der Waals surface area contributed by atoms with Crippen molar-refractivity contribution in [2.75, 3.05) is 6.61 Å². The lowest BCUT2D eigenvalue weighted by Crippen LogP contribution is -2.39. The highest BCUT2D eigenvalue weighted by molar-refractivity contribution is 5.78. The monoisotopic (exact) mass is 249 g/mol. The highest BCUT2D eigenvalue weighted by Crippen LogP contribution is 2.05. The molecule has 18 heavy (non-hydrogen) atoms. The summed E-state index contributed by atoms with van der Waals surface area (Å²) in [6.07, 6.45) is 0.973. The molecule has 0 spiro atoms. The lowest BCUT2D eigenvalue weighted by Gasteiger charge is -2.16. The summed E-state index contributed by atoms with van der Waals surface area (Å²) in [6, 6.07) is 8.90. The first-order valence-electron chi connectivity index (χ1n) is 6.03. The van der Waals surface area contributed by atoms with Crippen LogP contribution in [0.3, 0.4) is 0 Å². The minimum atomic E-state index is -0.622. The van der Waals surface area contributed by atoms with Crippen LogP contribution in [0.2, 0.25) is 0 Å². The Labute approximate surface area is 107 Å². The predicted octanol–water partition coefficient (Wildman–Crippen LogP) is 1.54. The number of benzene rings is 1. The molecule has 4 heteroatoms. The van der Waals surface area contributed by atoms with E-state index in [1.807, 2.05) is 44.2 Å². The lowest BCUT2D eigenvalue weighted by molar-refractivity contribution is -0.148. The molecule has 0 bridgehead atoms. The van der Waals surface area contributed by atoms with Crippen molar-refractivity contribution in [3.63, 3.8) is 0 Å². The maximum absolute atomic E-state index is 11.8. The van der Waals surface area contributed by atoms with Crippen molar-refractivity contribution in [3.05, 3.63) is 35.9 Å². The van der Waals surface area contributed by atoms with Crippen molar-refractivity contribution in [2.24, 2.45) is 5.92 Å². The summed E-state index contributed by atoms with van der Waals surface area (Å²) in [5.41, 5.74) is 0.985. The second kappa shape index (κ2) is 7.48. The molecule has 0 saturated carbocycles. The van der Waals surface area contributed by atoms with E-state index in [0.717, 1.165) is 5.56 Å². The van der Waals surface area contributed by atoms with Gasteiger partial charge in [-0.15, -0.1) is 0 Å². The molecule has 0 aromatic heterocycles. The van der Waals surface area contributed by atoms with Crippen molar-refractivity contribution in [3.8, 4) is 0 Å². The van der Waals surface area contributed by atoms with Crippen LogP contribution in [-0.2, 0) is 20.7 Å². The van der Waals surface area contributed by atoms with Gasteiger partial charge in [0.2, 0.25) is 6.41 Å². The predicted molar refractivity (Wildman–Crippen MR) is 68.9 cm³/mol. The number of ether oxygens (including phenoxy) is 1. The normalized spacial score (nSPS) is 11.9. The van der Waals surface area contributed by atoms with Crippen LogP contribution in [0.15, 0.2) is 30.3 Å². The van der Waals surface area contributed by atoms with E-state index in [1.54, 1.807) is 0 Å². The van der Waals surface area contributed by atoms with Crippen LogP contribution in [0, 0.1) is 5.92 Å². The van der Waals surface area contributed by atoms with E-state index in [-0.39, 0.29) is 11.9 Å². The third-order valence-corrected chi connectivity index (χ3v) is 2.40. The Morgan fingerprint density at radius 3 is 2.56 bits per heavy atom. The molecule has 0 saturated heterocycles. The van der Waals surface area contributed by atoms with Crippen molar-refractivity contribution in [1.82, 2.24) is 5.32 Å². The quantitative estimate of drug-likeness (QED) is 0.589. The summed E-state index contributed by atoms with van der Waals surface area (Å²) in [4.78, 5) is 22.3. The average Bonchev–Trinajstić information content (AvgIpc) is 2.36. The largest absolute Gasteiger partial charge is 0.464 e. The first kappa shape index (κ1) is 14.2. The fourth-order valence-corrected chi connectivity index (χ4v) is 1.49. The molecular weight excluding hydrogens is 230 g/mol. The van der Waals surface area contributed by atoms with Gasteiger partial charge >= 0.3 is 5.97 Å². The molecule has 0 aliphatic heterocycles. The van der Waals surface area contributed by atoms with Crippen LogP contribution in [0.4, 0.5) is 0 Å². The molecule has 1 amide bonds. The Morgan fingerprint density at radius 1 is 1.33 bits per heavy atom. The SMILES string of the molecule is CC(C)COC(=O)C(Cc1ccccc1)NC=O. The number of amides is 1. The summed E-state index contributed by atoms with van der Waals surface area (Å²) in [6.45, 7) is 4.30. The van der Waals surface area contributed by atoms with Gasteiger partial charge in [0.1, 0.15) is 6.04 Å². The van der Waals surface area contributed by atoms with Gasteiger partial charge in [-0.05, 0) is 11.5 Å². The second-order valence-corrected chi connectivity index (χ2v) is 4.55. The van der Waals surface area contributed by atoms with Crippen molar-refractivity contribution < 1.29 is 14.3 Å². The van der Waals surface area contributed by atoms with Gasteiger partial charge in [-0.3, -0.25) is 4.79 Å². The molecule has 0 fully saturated rings. The van der Waals surface area contributed by atoms with Crippen molar-refractivity contribution >= 4 is 12.4 Å². The van der Waals surface area contributed by atoms with Gasteiger partial charge in [0, 0.05) is 6.42 Å². The summed E-state index contributed by atoms with van der Waals surface area (Å²) in [7, 11) is 0. The standard InChI is InChI=1S/C14H19NO3/c1-11(2)9-18-14(17)13(15-10-16)8-12-6-4-3-5-7-12/h3-7,10-11,13H,8-9H2,1-2H3,(H,15,16). The van der Waals surface area contributed by atoms with Gasteiger partial charge in [0.15, 0.2) is 0 Å². The summed E-state index contributed by atoms with van der Waals surface area (Å²) < 4.78 is 5.13. The number of hydrogen-bond acceptors (Lipinski definition) is 3. The van der Waals surface area contributed by atoms with E-state index in [2.05, 4.69) is 5.32 Å². The highest BCUT2D eigenvalue weighted by atomic mass is 16.5. The van der Waals surface area contributed by atoms with E-state index in [1.165, 1.54) is 0 Å². The molecule has 1 rings (SSSR count). The molecular formula is C14H19NO3. The zero-order valence-corrected chi connectivity index (χ0v) is 10.8. The van der Waals surface area contributed by atoms with Gasteiger partial charge < -0.3 is 10.1 Å². The summed E-state index contributed by atoms with van der Waals surface area (Å²) >= 11 is 0. The number of carbonyl (C=O) groups excluding carboxylic acids is 2. The van der Waals surface area contributed by atoms with Gasteiger partial charge in [-0.25, -0.2) is 4.79 Å². The first-order valence-corrected chi connectivity index (χ1v) is 6.03. The van der Waals surface area contributed by atoms with E-state index < -0.39 is 6.04 Å². The molecule has 0 heterocycles. The van der Waals surface area contributed by atoms with Gasteiger partial charge in [-0.2, -0.15) is 0 Å². The number of esters is 1. The molecule has 1 aromatic carbocycles. The van der Waals surface area contributed by atoms with Crippen LogP contribution in [0.5, 0.6) is 0 Å². The molecule has 98 valence electrons. The second-order valence-electron chi connectivity index (χ2n) is 4.55. The number of carbonyl (C=O) groups is 2. The fraction of sp³-hybridized carbons (Fsp3) is 0.429. The van der Waals surface area contributed by atoms with Crippen LogP contribution < -0.4 is 5.32 Å². The van der Waals surface area contributed by atoms with Gasteiger partial charge in [0.05, 0.1) is 6.61 Å². The maximum atomic E-state index is 11.8. The van der Waals surface area contributed by atoms with Crippen molar-refractivity contribution in [2.45, 2.75) is 26.3 Å². The van der Waals surface area contributed by atoms with E-state index in [0.29, 0.717) is 19.4 Å². The smallest absolute Gasteiger partial charge is 0.328 e. The first-order chi connectivity index (χ1) is 8.63. The van der Waals surface area contributed by atoms with Crippen LogP contribution in [-0.4, -0.2) is 25.0 Å². The maximum Gasteiger partial charge on any atom is 0.328 e. The van der Waals surface area contributed by atoms with E-state index >= 15 is 0 Å². The molecule has 4 nitrogen and oxygen atoms in total. The Morgan fingerprint density at radius 2 is 2.00 bits per heavy atom. The van der Waals surface area contributed by atoms with Crippen LogP contribution in [0.25, 0.3) is 0 Å². The molecule has 1 unspecified atom stereocenters. The van der Waals surface area contributed by atoms with Crippen LogP contribution in [0.1, 0.15) is 19.4 Å². The Balaban J connectivity index is 2.59. The Kier molecular flexibility index (Phi) is 5.91. The lowest BCUT2D eigenvalue weighted by atomic mass is 10.1. The van der Waals surface area contributed by atoms with Gasteiger partial charge in [-0.1, -0.05) is 44.2 Å². The average molecular weight is 249 g/mol. The van der Waals surface area contributed by atoms with Crippen molar-refractivity contribution in [1.29, 1.82) is 0 Å². The number of rotatable bonds is 7. The summed E-state index contributed by atoms with van der Waals surface area (Å²) in [5, 5.41) is 2.50. The topological polar surface area (TPSA) is 55.4 Å². The number of nitrogens with one attached hydrogen (secondary N) is 1. The minimum Gasteiger partial charge on any atom is -0.464 e. The molecule has 0 aliphatic rings. The molecule has 1 N–H and O–H groups in total. The summed E-state index contributed by atoms with van der Waals surface area (Å²) in [5.74, 6) is -0.109. The molecule has 1 aromatic rings. The molecule has 1 atom stereocenters. The zero-order valence-electron chi connectivity index (χ0n) is 10.8. The third kappa shape index (κ3) is 4.99. The molecule has 0 radical (unpaired) electrons. The molecule has 0 aliphatic carbocycles. The zero-order chi connectivity index (χ0) is 13.4. The van der Waals surface area contributed by atoms with Crippen LogP contribution >= 0.6 is 0 Å². The Hall–Kier alpha value is -1.84. The van der Waals surface area contributed by atoms with E-state index in [9.17, 15) is 9.59 Å². The minimum absolute atomic E-state index is 0.280. The fourth-order valence-electron chi connectivity index (χ4n) is 1.49. The number of hydrogen-bond donors (Lipinski definition) is 1. The third-order valence-electron chi connectivity index (χ3n) is 2.40. The van der Waals surface area contributed by atoms with Gasteiger partial charge in [0.25, 0.3) is 0 Å².